The van der Waals surface area contributed by atoms with Crippen LogP contribution in [0.4, 0.5) is 0 Å². The van der Waals surface area contributed by atoms with Crippen molar-refractivity contribution in [1.29, 1.82) is 0 Å². The Balaban J connectivity index is 1.45. The average molecular weight is 519 g/mol. The van der Waals surface area contributed by atoms with E-state index in [2.05, 4.69) is 10.6 Å². The lowest BCUT2D eigenvalue weighted by molar-refractivity contribution is -0.123. The van der Waals surface area contributed by atoms with E-state index in [9.17, 15) is 9.59 Å². The summed E-state index contributed by atoms with van der Waals surface area (Å²) < 4.78 is 23.2. The fraction of sp³-hybridized carbons (Fsp3) is 0.179. The first kappa shape index (κ1) is 25.7. The van der Waals surface area contributed by atoms with Gasteiger partial charge in [0.05, 0.1) is 13.7 Å². The summed E-state index contributed by atoms with van der Waals surface area (Å²) in [5.41, 5.74) is 2.49. The first-order chi connectivity index (χ1) is 18.0. The highest BCUT2D eigenvalue weighted by atomic mass is 32.1. The van der Waals surface area contributed by atoms with E-state index < -0.39 is 11.8 Å². The Kier molecular flexibility index (Phi) is 8.37. The van der Waals surface area contributed by atoms with E-state index in [1.54, 1.807) is 18.2 Å². The molecular weight excluding hydrogens is 492 g/mol. The molecule has 2 N–H and O–H groups in total. The number of hydrogen-bond acceptors (Lipinski definition) is 7. The highest BCUT2D eigenvalue weighted by Crippen LogP contribution is 2.32. The monoisotopic (exact) mass is 518 g/mol. The van der Waals surface area contributed by atoms with Crippen LogP contribution in [0.5, 0.6) is 23.0 Å². The van der Waals surface area contributed by atoms with Crippen LogP contribution in [0.3, 0.4) is 0 Å². The van der Waals surface area contributed by atoms with Crippen LogP contribution >= 0.6 is 12.2 Å². The van der Waals surface area contributed by atoms with E-state index in [-0.39, 0.29) is 17.3 Å². The predicted molar refractivity (Wildman–Crippen MR) is 143 cm³/mol. The van der Waals surface area contributed by atoms with Crippen LogP contribution in [0.15, 0.2) is 72.3 Å². The van der Waals surface area contributed by atoms with Crippen LogP contribution in [0.2, 0.25) is 0 Å². The normalized spacial score (nSPS) is 12.9. The maximum absolute atomic E-state index is 12.1. The van der Waals surface area contributed by atoms with Gasteiger partial charge in [-0.05, 0) is 66.2 Å². The predicted octanol–water partition coefficient (Wildman–Crippen LogP) is 4.17. The zero-order chi connectivity index (χ0) is 26.2. The van der Waals surface area contributed by atoms with E-state index in [4.69, 9.17) is 31.2 Å². The second-order valence-corrected chi connectivity index (χ2v) is 8.39. The molecule has 9 heteroatoms. The number of carbonyl (C=O) groups excluding carboxylic acids is 2. The number of amides is 2. The lowest BCUT2D eigenvalue weighted by atomic mass is 10.1. The third-order valence-corrected chi connectivity index (χ3v) is 5.59. The number of hydrogen-bond donors (Lipinski definition) is 2. The number of nitrogens with one attached hydrogen (secondary N) is 2. The summed E-state index contributed by atoms with van der Waals surface area (Å²) in [6, 6.07) is 20.7. The fourth-order valence-corrected chi connectivity index (χ4v) is 3.78. The zero-order valence-electron chi connectivity index (χ0n) is 20.4. The first-order valence-electron chi connectivity index (χ1n) is 11.6. The smallest absolute Gasteiger partial charge is 0.263 e. The number of ether oxygens (including phenoxy) is 4. The number of methoxy groups -OCH3 is 1. The van der Waals surface area contributed by atoms with Crippen molar-refractivity contribution in [2.45, 2.75) is 20.1 Å². The molecule has 0 spiro atoms. The summed E-state index contributed by atoms with van der Waals surface area (Å²) in [6.45, 7) is 3.11. The largest absolute Gasteiger partial charge is 0.493 e. The molecule has 0 saturated carbocycles. The summed E-state index contributed by atoms with van der Waals surface area (Å²) in [5, 5.41) is 4.80. The van der Waals surface area contributed by atoms with Crippen molar-refractivity contribution < 1.29 is 28.5 Å². The van der Waals surface area contributed by atoms with Gasteiger partial charge in [-0.1, -0.05) is 42.5 Å². The van der Waals surface area contributed by atoms with Crippen molar-refractivity contribution in [1.82, 2.24) is 10.6 Å². The Morgan fingerprint density at radius 3 is 2.08 bits per heavy atom. The molecule has 1 fully saturated rings. The van der Waals surface area contributed by atoms with E-state index in [1.807, 2.05) is 55.5 Å². The maximum atomic E-state index is 12.1. The SMILES string of the molecule is CCOc1cc(COc2ccc(C=C3C(=O)NC(=S)NC3=O)cc2OC)ccc1OCc1ccccc1. The van der Waals surface area contributed by atoms with Crippen molar-refractivity contribution in [3.8, 4) is 23.0 Å². The van der Waals surface area contributed by atoms with Crippen LogP contribution in [-0.2, 0) is 22.8 Å². The van der Waals surface area contributed by atoms with Crippen LogP contribution < -0.4 is 29.6 Å². The zero-order valence-corrected chi connectivity index (χ0v) is 21.2. The molecule has 190 valence electrons. The minimum atomic E-state index is -0.561. The van der Waals surface area contributed by atoms with Crippen molar-refractivity contribution in [2.24, 2.45) is 0 Å². The third kappa shape index (κ3) is 6.65. The molecule has 0 aliphatic carbocycles. The Morgan fingerprint density at radius 1 is 0.757 bits per heavy atom. The van der Waals surface area contributed by atoms with Crippen LogP contribution in [-0.4, -0.2) is 30.6 Å². The second kappa shape index (κ2) is 12.0. The van der Waals surface area contributed by atoms with Gasteiger partial charge in [-0.2, -0.15) is 0 Å². The molecule has 2 amide bonds. The Hall–Kier alpha value is -4.37. The number of benzene rings is 3. The molecule has 3 aromatic carbocycles. The van der Waals surface area contributed by atoms with E-state index in [0.29, 0.717) is 41.8 Å². The molecule has 1 heterocycles. The molecular formula is C28H26N2O6S. The van der Waals surface area contributed by atoms with Crippen molar-refractivity contribution in [3.05, 3.63) is 89.0 Å². The summed E-state index contributed by atoms with van der Waals surface area (Å²) in [6.07, 6.45) is 1.46. The molecule has 0 unspecified atom stereocenters. The van der Waals surface area contributed by atoms with Gasteiger partial charge in [0.25, 0.3) is 11.8 Å². The molecule has 0 radical (unpaired) electrons. The van der Waals surface area contributed by atoms with E-state index in [1.165, 1.54) is 13.2 Å². The molecule has 3 aromatic rings. The van der Waals surface area contributed by atoms with Crippen molar-refractivity contribution in [3.63, 3.8) is 0 Å². The topological polar surface area (TPSA) is 95.1 Å². The minimum absolute atomic E-state index is 0.0169. The van der Waals surface area contributed by atoms with Crippen molar-refractivity contribution >= 4 is 35.2 Å². The van der Waals surface area contributed by atoms with Gasteiger partial charge in [0.1, 0.15) is 18.8 Å². The molecule has 1 aliphatic rings. The van der Waals surface area contributed by atoms with Gasteiger partial charge in [0, 0.05) is 0 Å². The minimum Gasteiger partial charge on any atom is -0.493 e. The second-order valence-electron chi connectivity index (χ2n) is 7.98. The number of carbonyl (C=O) groups is 2. The molecule has 1 saturated heterocycles. The molecule has 8 nitrogen and oxygen atoms in total. The van der Waals surface area contributed by atoms with Crippen LogP contribution in [0.25, 0.3) is 6.08 Å². The van der Waals surface area contributed by atoms with Gasteiger partial charge in [-0.25, -0.2) is 0 Å². The quantitative estimate of drug-likeness (QED) is 0.236. The summed E-state index contributed by atoms with van der Waals surface area (Å²) in [5.74, 6) is 1.13. The lowest BCUT2D eigenvalue weighted by Gasteiger charge is -2.17. The molecule has 0 atom stereocenters. The Bertz CT molecular complexity index is 1320. The van der Waals surface area contributed by atoms with Gasteiger partial charge in [-0.15, -0.1) is 0 Å². The van der Waals surface area contributed by atoms with Gasteiger partial charge in [-0.3, -0.25) is 20.2 Å². The highest BCUT2D eigenvalue weighted by Gasteiger charge is 2.25. The number of rotatable bonds is 10. The van der Waals surface area contributed by atoms with Gasteiger partial charge in [0.2, 0.25) is 0 Å². The maximum Gasteiger partial charge on any atom is 0.263 e. The fourth-order valence-electron chi connectivity index (χ4n) is 3.59. The lowest BCUT2D eigenvalue weighted by Crippen LogP contribution is -2.51. The van der Waals surface area contributed by atoms with E-state index in [0.717, 1.165) is 11.1 Å². The summed E-state index contributed by atoms with van der Waals surface area (Å²) >= 11 is 4.82. The molecule has 0 bridgehead atoms. The van der Waals surface area contributed by atoms with Crippen LogP contribution in [0.1, 0.15) is 23.6 Å². The number of thiocarbonyl (C=S) groups is 1. The third-order valence-electron chi connectivity index (χ3n) is 5.38. The Morgan fingerprint density at radius 2 is 1.41 bits per heavy atom. The van der Waals surface area contributed by atoms with Gasteiger partial charge in [0.15, 0.2) is 28.1 Å². The first-order valence-corrected chi connectivity index (χ1v) is 12.0. The van der Waals surface area contributed by atoms with Crippen LogP contribution in [0, 0.1) is 0 Å². The molecule has 1 aliphatic heterocycles. The van der Waals surface area contributed by atoms with E-state index >= 15 is 0 Å². The standard InChI is InChI=1S/C28H26N2O6S/c1-3-34-25-15-20(10-12-23(25)35-16-18-7-5-4-6-8-18)17-36-22-11-9-19(14-24(22)33-2)13-21-26(31)29-28(37)30-27(21)32/h4-15H,3,16-17H2,1-2H3,(H2,29,30,31,32,37). The summed E-state index contributed by atoms with van der Waals surface area (Å²) in [4.78, 5) is 24.2. The van der Waals surface area contributed by atoms with Gasteiger partial charge < -0.3 is 18.9 Å². The van der Waals surface area contributed by atoms with Crippen molar-refractivity contribution in [2.75, 3.05) is 13.7 Å². The highest BCUT2D eigenvalue weighted by molar-refractivity contribution is 7.80. The molecule has 4 rings (SSSR count). The van der Waals surface area contributed by atoms with Gasteiger partial charge >= 0.3 is 0 Å². The summed E-state index contributed by atoms with van der Waals surface area (Å²) in [7, 11) is 1.52. The average Bonchev–Trinajstić information content (AvgIpc) is 2.90. The molecule has 0 aromatic heterocycles. The molecule has 37 heavy (non-hydrogen) atoms. The Labute approximate surface area is 220 Å².